The predicted molar refractivity (Wildman–Crippen MR) is 227 cm³/mol. The molecule has 11 rings (SSSR count). The molecule has 2 aromatic heterocycles. The van der Waals surface area contributed by atoms with Crippen LogP contribution in [0.4, 0.5) is 17.1 Å². The predicted octanol–water partition coefficient (Wildman–Crippen LogP) is 13.7. The molecule has 0 saturated heterocycles. The van der Waals surface area contributed by atoms with E-state index in [1.807, 2.05) is 0 Å². The largest absolute Gasteiger partial charge is 0.311 e. The van der Waals surface area contributed by atoms with Gasteiger partial charge < -0.3 is 14.0 Å². The van der Waals surface area contributed by atoms with Gasteiger partial charge in [0.25, 0.3) is 0 Å². The van der Waals surface area contributed by atoms with E-state index < -0.39 is 0 Å². The van der Waals surface area contributed by atoms with Crippen molar-refractivity contribution in [1.29, 1.82) is 0 Å². The van der Waals surface area contributed by atoms with Crippen molar-refractivity contribution in [1.82, 2.24) is 9.13 Å². The first-order chi connectivity index (χ1) is 26.6. The number of fused-ring (bicyclic) bond motifs is 9. The Kier molecular flexibility index (Phi) is 6.60. The van der Waals surface area contributed by atoms with Crippen LogP contribution in [0.5, 0.6) is 0 Å². The van der Waals surface area contributed by atoms with Crippen molar-refractivity contribution < 1.29 is 0 Å². The molecule has 0 spiro atoms. The monoisotopic (exact) mass is 691 g/mol. The van der Waals surface area contributed by atoms with Crippen LogP contribution < -0.4 is 4.90 Å². The number of benzene rings is 8. The highest BCUT2D eigenvalue weighted by molar-refractivity contribution is 6.27. The first-order valence-electron chi connectivity index (χ1n) is 18.8. The van der Waals surface area contributed by atoms with Crippen LogP contribution in [-0.2, 0) is 5.41 Å². The molecule has 3 heterocycles. The number of para-hydroxylation sites is 5. The quantitative estimate of drug-likeness (QED) is 0.175. The highest BCUT2D eigenvalue weighted by Gasteiger charge is 2.37. The molecule has 0 fully saturated rings. The number of aromatic nitrogens is 2. The summed E-state index contributed by atoms with van der Waals surface area (Å²) in [6.45, 7) is 4.81. The van der Waals surface area contributed by atoms with E-state index in [2.05, 4.69) is 216 Å². The lowest BCUT2D eigenvalue weighted by molar-refractivity contribution is 0.631. The van der Waals surface area contributed by atoms with Gasteiger partial charge in [-0.3, -0.25) is 0 Å². The second kappa shape index (κ2) is 11.6. The minimum absolute atomic E-state index is 0.226. The van der Waals surface area contributed by atoms with E-state index in [0.29, 0.717) is 0 Å². The molecular weight excluding hydrogens is 655 g/mol. The van der Waals surface area contributed by atoms with Gasteiger partial charge in [-0.15, -0.1) is 0 Å². The van der Waals surface area contributed by atoms with Crippen molar-refractivity contribution in [2.75, 3.05) is 4.90 Å². The Morgan fingerprint density at radius 1 is 0.407 bits per heavy atom. The summed E-state index contributed by atoms with van der Waals surface area (Å²) in [5.74, 6) is 0. The van der Waals surface area contributed by atoms with Crippen molar-refractivity contribution in [3.63, 3.8) is 0 Å². The lowest BCUT2D eigenvalue weighted by atomic mass is 9.73. The maximum atomic E-state index is 2.55. The maximum Gasteiger partial charge on any atom is 0.0641 e. The van der Waals surface area contributed by atoms with Crippen molar-refractivity contribution in [3.05, 3.63) is 199 Å². The molecule has 0 amide bonds. The second-order valence-electron chi connectivity index (χ2n) is 15.0. The van der Waals surface area contributed by atoms with Crippen LogP contribution in [0.3, 0.4) is 0 Å². The molecule has 8 aromatic carbocycles. The van der Waals surface area contributed by atoms with Gasteiger partial charge >= 0.3 is 0 Å². The number of rotatable bonds is 5. The van der Waals surface area contributed by atoms with E-state index >= 15 is 0 Å². The van der Waals surface area contributed by atoms with Gasteiger partial charge in [0.2, 0.25) is 0 Å². The highest BCUT2D eigenvalue weighted by atomic mass is 15.1. The van der Waals surface area contributed by atoms with E-state index in [-0.39, 0.29) is 5.41 Å². The molecule has 54 heavy (non-hydrogen) atoms. The summed E-state index contributed by atoms with van der Waals surface area (Å²) in [5, 5.41) is 5.17. The summed E-state index contributed by atoms with van der Waals surface area (Å²) in [6, 6.07) is 68.5. The molecule has 0 N–H and O–H groups in total. The second-order valence-corrected chi connectivity index (χ2v) is 15.0. The van der Waals surface area contributed by atoms with E-state index in [4.69, 9.17) is 0 Å². The molecule has 10 aromatic rings. The van der Waals surface area contributed by atoms with Crippen LogP contribution in [0, 0.1) is 0 Å². The Hall–Kier alpha value is -6.84. The molecule has 0 unspecified atom stereocenters. The molecule has 3 nitrogen and oxygen atoms in total. The SMILES string of the molecule is CC1(C)c2ccc(-c3ccc(N(c4ccccc4)c4ccccc4)cc3)cc2-n2c3ccccc3c3c2c1cc1c2ccccc2n(-c2ccccc2)c13. The number of hydrogen-bond donors (Lipinski definition) is 0. The molecule has 256 valence electrons. The van der Waals surface area contributed by atoms with E-state index in [9.17, 15) is 0 Å². The summed E-state index contributed by atoms with van der Waals surface area (Å²) in [5.41, 5.74) is 15.7. The smallest absolute Gasteiger partial charge is 0.0641 e. The van der Waals surface area contributed by atoms with E-state index in [0.717, 1.165) is 17.1 Å². The van der Waals surface area contributed by atoms with Gasteiger partial charge in [0.1, 0.15) is 0 Å². The third-order valence-corrected chi connectivity index (χ3v) is 11.7. The van der Waals surface area contributed by atoms with Gasteiger partial charge in [0.05, 0.1) is 27.8 Å². The van der Waals surface area contributed by atoms with Crippen LogP contribution in [0.25, 0.3) is 66.1 Å². The fraction of sp³-hybridized carbons (Fsp3) is 0.0588. The Morgan fingerprint density at radius 3 is 1.61 bits per heavy atom. The first kappa shape index (κ1) is 30.8. The Balaban J connectivity index is 1.14. The Morgan fingerprint density at radius 2 is 0.944 bits per heavy atom. The van der Waals surface area contributed by atoms with Crippen molar-refractivity contribution in [2.45, 2.75) is 19.3 Å². The molecule has 0 atom stereocenters. The number of nitrogens with zero attached hydrogens (tertiary/aromatic N) is 3. The number of hydrogen-bond acceptors (Lipinski definition) is 1. The van der Waals surface area contributed by atoms with Gasteiger partial charge in [-0.25, -0.2) is 0 Å². The van der Waals surface area contributed by atoms with Crippen LogP contribution in [0.1, 0.15) is 25.0 Å². The summed E-state index contributed by atoms with van der Waals surface area (Å²) in [6.07, 6.45) is 0. The van der Waals surface area contributed by atoms with E-state index in [1.165, 1.54) is 77.2 Å². The normalized spacial score (nSPS) is 13.1. The topological polar surface area (TPSA) is 13.1 Å². The third-order valence-electron chi connectivity index (χ3n) is 11.7. The van der Waals surface area contributed by atoms with Crippen LogP contribution in [0.15, 0.2) is 188 Å². The minimum atomic E-state index is -0.226. The zero-order valence-corrected chi connectivity index (χ0v) is 30.2. The maximum absolute atomic E-state index is 2.55. The molecule has 3 heteroatoms. The van der Waals surface area contributed by atoms with Crippen LogP contribution >= 0.6 is 0 Å². The zero-order valence-electron chi connectivity index (χ0n) is 30.2. The van der Waals surface area contributed by atoms with Gasteiger partial charge in [-0.05, 0) is 95.1 Å². The summed E-state index contributed by atoms with van der Waals surface area (Å²) in [7, 11) is 0. The standard InChI is InChI=1S/C51H37N3/c1-51(2)43-31-28-35(34-26-29-39(30-27-34)52(36-16-6-3-7-17-36)37-18-8-4-9-19-37)32-47(43)54-46-25-15-13-23-41(46)48-49-42(33-44(51)50(48)54)40-22-12-14-24-45(40)53(49)38-20-10-5-11-21-38/h3-33H,1-2H3. The fourth-order valence-electron chi connectivity index (χ4n) is 9.15. The highest BCUT2D eigenvalue weighted by Crippen LogP contribution is 2.52. The van der Waals surface area contributed by atoms with E-state index in [1.54, 1.807) is 0 Å². The molecule has 0 bridgehead atoms. The van der Waals surface area contributed by atoms with Crippen molar-refractivity contribution in [2.24, 2.45) is 0 Å². The van der Waals surface area contributed by atoms with Crippen LogP contribution in [-0.4, -0.2) is 9.13 Å². The average molecular weight is 692 g/mol. The van der Waals surface area contributed by atoms with Gasteiger partial charge in [-0.2, -0.15) is 0 Å². The van der Waals surface area contributed by atoms with Gasteiger partial charge in [0, 0.05) is 49.7 Å². The molecular formula is C51H37N3. The molecule has 1 aliphatic rings. The molecule has 1 aliphatic heterocycles. The third kappa shape index (κ3) is 4.36. The molecule has 0 radical (unpaired) electrons. The van der Waals surface area contributed by atoms with Crippen LogP contribution in [0.2, 0.25) is 0 Å². The average Bonchev–Trinajstić information content (AvgIpc) is 3.75. The Labute approximate surface area is 314 Å². The summed E-state index contributed by atoms with van der Waals surface area (Å²) >= 11 is 0. The lowest BCUT2D eigenvalue weighted by Crippen LogP contribution is -2.26. The fourth-order valence-corrected chi connectivity index (χ4v) is 9.15. The number of anilines is 3. The minimum Gasteiger partial charge on any atom is -0.311 e. The first-order valence-corrected chi connectivity index (χ1v) is 18.8. The van der Waals surface area contributed by atoms with Crippen molar-refractivity contribution in [3.8, 4) is 22.5 Å². The lowest BCUT2D eigenvalue weighted by Gasteiger charge is -2.35. The summed E-state index contributed by atoms with van der Waals surface area (Å²) in [4.78, 5) is 2.31. The van der Waals surface area contributed by atoms with Gasteiger partial charge in [-0.1, -0.05) is 129 Å². The van der Waals surface area contributed by atoms with Crippen molar-refractivity contribution >= 4 is 60.7 Å². The molecule has 0 saturated carbocycles. The van der Waals surface area contributed by atoms with Gasteiger partial charge in [0.15, 0.2) is 0 Å². The zero-order chi connectivity index (χ0) is 36.0. The molecule has 0 aliphatic carbocycles. The Bertz CT molecular complexity index is 3000. The summed E-state index contributed by atoms with van der Waals surface area (Å²) < 4.78 is 5.03.